The van der Waals surface area contributed by atoms with Gasteiger partial charge in [-0.2, -0.15) is 0 Å². The van der Waals surface area contributed by atoms with E-state index in [1.165, 1.54) is 0 Å². The van der Waals surface area contributed by atoms with E-state index in [-0.39, 0.29) is 18.2 Å². The molecule has 0 aliphatic rings. The Bertz CT molecular complexity index is 778. The molecule has 6 nitrogen and oxygen atoms in total. The third kappa shape index (κ3) is 4.30. The number of rotatable bonds is 6. The Morgan fingerprint density at radius 2 is 2.00 bits per heavy atom. The average molecular weight is 323 g/mol. The fourth-order valence-corrected chi connectivity index (χ4v) is 2.85. The third-order valence-electron chi connectivity index (χ3n) is 3.13. The summed E-state index contributed by atoms with van der Waals surface area (Å²) in [4.78, 5) is 16.4. The van der Waals surface area contributed by atoms with Crippen LogP contribution in [0.3, 0.4) is 0 Å². The molecule has 1 N–H and O–H groups in total. The Kier molecular flexibility index (Phi) is 4.85. The van der Waals surface area contributed by atoms with E-state index in [2.05, 4.69) is 10.3 Å². The summed E-state index contributed by atoms with van der Waals surface area (Å²) >= 11 is 0. The van der Waals surface area contributed by atoms with E-state index in [0.29, 0.717) is 23.8 Å². The molecule has 22 heavy (non-hydrogen) atoms. The highest BCUT2D eigenvalue weighted by atomic mass is 32.2. The number of fused-ring (bicyclic) bond motifs is 1. The van der Waals surface area contributed by atoms with Crippen LogP contribution in [0.15, 0.2) is 24.3 Å². The number of nitrogens with zero attached hydrogens (tertiary/aromatic N) is 2. The van der Waals surface area contributed by atoms with Crippen molar-refractivity contribution in [3.8, 4) is 0 Å². The zero-order chi connectivity index (χ0) is 16.3. The van der Waals surface area contributed by atoms with Gasteiger partial charge in [0.05, 0.1) is 11.0 Å². The second-order valence-corrected chi connectivity index (χ2v) is 8.01. The van der Waals surface area contributed by atoms with E-state index in [1.54, 1.807) is 4.57 Å². The number of sulfone groups is 1. The molecule has 1 heterocycles. The smallest absolute Gasteiger partial charge is 0.240 e. The Morgan fingerprint density at radius 1 is 1.32 bits per heavy atom. The molecule has 120 valence electrons. The lowest BCUT2D eigenvalue weighted by Crippen LogP contribution is -2.31. The number of benzene rings is 1. The van der Waals surface area contributed by atoms with E-state index in [1.807, 2.05) is 38.1 Å². The molecule has 0 bridgehead atoms. The standard InChI is InChI=1S/C15H21N3O3S/c1-11(2)8-16-15(19)9-18-13-7-5-4-6-12(13)17-14(18)10-22(3,20)21/h4-7,11H,8-10H2,1-3H3,(H,16,19). The van der Waals surface area contributed by atoms with Crippen LogP contribution in [0.4, 0.5) is 0 Å². The predicted octanol–water partition coefficient (Wildman–Crippen LogP) is 1.35. The zero-order valence-corrected chi connectivity index (χ0v) is 13.9. The van der Waals surface area contributed by atoms with E-state index in [0.717, 1.165) is 11.8 Å². The van der Waals surface area contributed by atoms with Crippen molar-refractivity contribution in [2.24, 2.45) is 5.92 Å². The summed E-state index contributed by atoms with van der Waals surface area (Å²) in [6.07, 6.45) is 1.16. The molecule has 1 amide bonds. The average Bonchev–Trinajstić information content (AvgIpc) is 2.72. The molecule has 0 atom stereocenters. The van der Waals surface area contributed by atoms with Gasteiger partial charge in [0.25, 0.3) is 0 Å². The highest BCUT2D eigenvalue weighted by Gasteiger charge is 2.17. The summed E-state index contributed by atoms with van der Waals surface area (Å²) in [5, 5.41) is 2.84. The van der Waals surface area contributed by atoms with Crippen LogP contribution in [-0.4, -0.2) is 36.7 Å². The van der Waals surface area contributed by atoms with Gasteiger partial charge in [0.15, 0.2) is 9.84 Å². The summed E-state index contributed by atoms with van der Waals surface area (Å²) in [5.74, 6) is 0.424. The van der Waals surface area contributed by atoms with Crippen LogP contribution in [0.1, 0.15) is 19.7 Å². The lowest BCUT2D eigenvalue weighted by atomic mass is 10.2. The lowest BCUT2D eigenvalue weighted by Gasteiger charge is -2.11. The first kappa shape index (κ1) is 16.5. The largest absolute Gasteiger partial charge is 0.354 e. The molecule has 0 fully saturated rings. The Hall–Kier alpha value is -1.89. The maximum atomic E-state index is 12.1. The molecule has 0 unspecified atom stereocenters. The zero-order valence-electron chi connectivity index (χ0n) is 13.0. The summed E-state index contributed by atoms with van der Waals surface area (Å²) in [7, 11) is -3.22. The summed E-state index contributed by atoms with van der Waals surface area (Å²) in [6, 6.07) is 7.33. The van der Waals surface area contributed by atoms with E-state index < -0.39 is 9.84 Å². The van der Waals surface area contributed by atoms with Crippen molar-refractivity contribution < 1.29 is 13.2 Å². The van der Waals surface area contributed by atoms with Crippen LogP contribution < -0.4 is 5.32 Å². The molecule has 1 aromatic heterocycles. The predicted molar refractivity (Wildman–Crippen MR) is 86.1 cm³/mol. The molecule has 1 aromatic carbocycles. The maximum absolute atomic E-state index is 12.1. The van der Waals surface area contributed by atoms with Crippen molar-refractivity contribution in [1.29, 1.82) is 0 Å². The normalized spacial score (nSPS) is 12.0. The molecular formula is C15H21N3O3S. The topological polar surface area (TPSA) is 81.1 Å². The molecule has 2 aromatic rings. The number of hydrogen-bond donors (Lipinski definition) is 1. The number of nitrogens with one attached hydrogen (secondary N) is 1. The van der Waals surface area contributed by atoms with Gasteiger partial charge in [-0.25, -0.2) is 13.4 Å². The molecular weight excluding hydrogens is 302 g/mol. The molecule has 0 saturated heterocycles. The number of aromatic nitrogens is 2. The minimum Gasteiger partial charge on any atom is -0.354 e. The fourth-order valence-electron chi connectivity index (χ4n) is 2.16. The van der Waals surface area contributed by atoms with Gasteiger partial charge in [0, 0.05) is 12.8 Å². The number of carbonyl (C=O) groups excluding carboxylic acids is 1. The van der Waals surface area contributed by atoms with Crippen molar-refractivity contribution in [3.63, 3.8) is 0 Å². The molecule has 0 radical (unpaired) electrons. The van der Waals surface area contributed by atoms with E-state index in [4.69, 9.17) is 0 Å². The minimum absolute atomic E-state index is 0.0675. The molecule has 7 heteroatoms. The molecule has 0 saturated carbocycles. The Morgan fingerprint density at radius 3 is 2.64 bits per heavy atom. The van der Waals surface area contributed by atoms with Crippen molar-refractivity contribution >= 4 is 26.8 Å². The van der Waals surface area contributed by atoms with Crippen LogP contribution in [0.5, 0.6) is 0 Å². The summed E-state index contributed by atoms with van der Waals surface area (Å²) < 4.78 is 24.8. The first-order valence-electron chi connectivity index (χ1n) is 7.15. The van der Waals surface area contributed by atoms with Crippen molar-refractivity contribution in [3.05, 3.63) is 30.1 Å². The van der Waals surface area contributed by atoms with E-state index >= 15 is 0 Å². The Labute approximate surface area is 130 Å². The molecule has 0 aliphatic carbocycles. The highest BCUT2D eigenvalue weighted by Crippen LogP contribution is 2.17. The van der Waals surface area contributed by atoms with Crippen LogP contribution in [0.2, 0.25) is 0 Å². The maximum Gasteiger partial charge on any atom is 0.240 e. The second kappa shape index (κ2) is 6.48. The first-order valence-corrected chi connectivity index (χ1v) is 9.21. The Balaban J connectivity index is 2.33. The minimum atomic E-state index is -3.22. The van der Waals surface area contributed by atoms with Crippen molar-refractivity contribution in [2.45, 2.75) is 26.1 Å². The van der Waals surface area contributed by atoms with E-state index in [9.17, 15) is 13.2 Å². The van der Waals surface area contributed by atoms with Crippen LogP contribution in [0.25, 0.3) is 11.0 Å². The van der Waals surface area contributed by atoms with Gasteiger partial charge in [-0.3, -0.25) is 4.79 Å². The lowest BCUT2D eigenvalue weighted by molar-refractivity contribution is -0.121. The highest BCUT2D eigenvalue weighted by molar-refractivity contribution is 7.89. The van der Waals surface area contributed by atoms with Gasteiger partial charge in [-0.1, -0.05) is 26.0 Å². The quantitative estimate of drug-likeness (QED) is 0.870. The van der Waals surface area contributed by atoms with Gasteiger partial charge in [0.2, 0.25) is 5.91 Å². The number of carbonyl (C=O) groups is 1. The SMILES string of the molecule is CC(C)CNC(=O)Cn1c(CS(C)(=O)=O)nc2ccccc21. The number of imidazole rings is 1. The first-order chi connectivity index (χ1) is 10.3. The number of hydrogen-bond acceptors (Lipinski definition) is 4. The van der Waals surface area contributed by atoms with Crippen molar-refractivity contribution in [1.82, 2.24) is 14.9 Å². The van der Waals surface area contributed by atoms with Gasteiger partial charge < -0.3 is 9.88 Å². The van der Waals surface area contributed by atoms with Crippen molar-refractivity contribution in [2.75, 3.05) is 12.8 Å². The van der Waals surface area contributed by atoms with Gasteiger partial charge in [0.1, 0.15) is 18.1 Å². The van der Waals surface area contributed by atoms with Crippen LogP contribution in [0, 0.1) is 5.92 Å². The van der Waals surface area contributed by atoms with Crippen LogP contribution >= 0.6 is 0 Å². The fraction of sp³-hybridized carbons (Fsp3) is 0.467. The van der Waals surface area contributed by atoms with Gasteiger partial charge in [-0.05, 0) is 18.1 Å². The summed E-state index contributed by atoms with van der Waals surface area (Å²) in [6.45, 7) is 4.69. The third-order valence-corrected chi connectivity index (χ3v) is 3.92. The second-order valence-electron chi connectivity index (χ2n) is 5.87. The molecule has 0 aliphatic heterocycles. The van der Waals surface area contributed by atoms with Gasteiger partial charge >= 0.3 is 0 Å². The van der Waals surface area contributed by atoms with Gasteiger partial charge in [-0.15, -0.1) is 0 Å². The summed E-state index contributed by atoms with van der Waals surface area (Å²) in [5.41, 5.74) is 1.46. The van der Waals surface area contributed by atoms with Crippen LogP contribution in [-0.2, 0) is 26.9 Å². The molecule has 2 rings (SSSR count). The molecule has 0 spiro atoms. The number of para-hydroxylation sites is 2. The number of amides is 1. The monoisotopic (exact) mass is 323 g/mol.